The molecule has 2 aromatic rings. The van der Waals surface area contributed by atoms with Gasteiger partial charge in [0.15, 0.2) is 0 Å². The van der Waals surface area contributed by atoms with Crippen molar-refractivity contribution in [3.05, 3.63) is 32.8 Å². The molecular weight excluding hydrogens is 424 g/mol. The molecule has 1 fully saturated rings. The number of hydrogen-bond acceptors (Lipinski definition) is 3. The van der Waals surface area contributed by atoms with E-state index < -0.39 is 12.0 Å². The van der Waals surface area contributed by atoms with Crippen LogP contribution < -0.4 is 0 Å². The lowest BCUT2D eigenvalue weighted by Gasteiger charge is -2.20. The minimum Gasteiger partial charge on any atom is -0.480 e. The van der Waals surface area contributed by atoms with Crippen molar-refractivity contribution < 1.29 is 14.7 Å². The second-order valence-corrected chi connectivity index (χ2v) is 7.35. The molecule has 1 aromatic carbocycles. The molecule has 1 amide bonds. The summed E-state index contributed by atoms with van der Waals surface area (Å²) in [4.78, 5) is 28.3. The number of rotatable bonds is 2. The molecule has 21 heavy (non-hydrogen) atoms. The summed E-state index contributed by atoms with van der Waals surface area (Å²) in [5.74, 6) is -0.385. The highest BCUT2D eigenvalue weighted by molar-refractivity contribution is 9.13. The van der Waals surface area contributed by atoms with Gasteiger partial charge in [-0.2, -0.15) is 0 Å². The lowest BCUT2D eigenvalue weighted by Crippen LogP contribution is -2.41. The van der Waals surface area contributed by atoms with Crippen molar-refractivity contribution in [1.82, 2.24) is 9.88 Å². The highest BCUT2D eigenvalue weighted by Gasteiger charge is 2.35. The Labute approximate surface area is 141 Å². The van der Waals surface area contributed by atoms with Gasteiger partial charge in [-0.3, -0.25) is 4.79 Å². The predicted molar refractivity (Wildman–Crippen MR) is 88.6 cm³/mol. The zero-order chi connectivity index (χ0) is 15.1. The van der Waals surface area contributed by atoms with E-state index in [1.54, 1.807) is 6.20 Å². The molecule has 1 atom stereocenters. The molecule has 5 nitrogen and oxygen atoms in total. The monoisotopic (exact) mass is 432 g/mol. The lowest BCUT2D eigenvalue weighted by molar-refractivity contribution is -0.140. The molecule has 1 aliphatic heterocycles. The molecule has 1 aromatic heterocycles. The van der Waals surface area contributed by atoms with Crippen LogP contribution in [0, 0.1) is 0 Å². The minimum absolute atomic E-state index is 0.257. The number of carbonyl (C=O) groups is 2. The fourth-order valence-corrected chi connectivity index (χ4v) is 4.13. The van der Waals surface area contributed by atoms with Crippen molar-refractivity contribution in [1.29, 1.82) is 0 Å². The highest BCUT2D eigenvalue weighted by Crippen LogP contribution is 2.32. The Bertz CT molecular complexity index is 746. The Kier molecular flexibility index (Phi) is 4.02. The van der Waals surface area contributed by atoms with E-state index in [1.165, 1.54) is 16.7 Å². The summed E-state index contributed by atoms with van der Waals surface area (Å²) in [5, 5.41) is 9.97. The normalized spacial score (nSPS) is 18.4. The van der Waals surface area contributed by atoms with Crippen LogP contribution in [0.25, 0.3) is 10.9 Å². The number of fused-ring (bicyclic) bond motifs is 1. The Balaban J connectivity index is 2.02. The fourth-order valence-electron chi connectivity index (χ4n) is 2.30. The number of nitrogens with one attached hydrogen (secondary N) is 1. The zero-order valence-electron chi connectivity index (χ0n) is 10.6. The van der Waals surface area contributed by atoms with E-state index >= 15 is 0 Å². The molecule has 8 heteroatoms. The van der Waals surface area contributed by atoms with E-state index in [0.717, 1.165) is 19.8 Å². The number of aromatic nitrogens is 1. The van der Waals surface area contributed by atoms with Gasteiger partial charge in [-0.1, -0.05) is 0 Å². The number of aliphatic carboxylic acids is 1. The summed E-state index contributed by atoms with van der Waals surface area (Å²) in [7, 11) is 0. The molecule has 0 aliphatic carbocycles. The number of carbonyl (C=O) groups excluding carboxylic acids is 1. The van der Waals surface area contributed by atoms with Crippen molar-refractivity contribution in [3.63, 3.8) is 0 Å². The molecule has 3 rings (SSSR count). The van der Waals surface area contributed by atoms with E-state index in [-0.39, 0.29) is 5.91 Å². The van der Waals surface area contributed by atoms with Crippen LogP contribution >= 0.6 is 43.6 Å². The van der Waals surface area contributed by atoms with Gasteiger partial charge in [-0.25, -0.2) is 4.79 Å². The average Bonchev–Trinajstić information content (AvgIpc) is 3.05. The summed E-state index contributed by atoms with van der Waals surface area (Å²) in [6.07, 6.45) is 1.63. The maximum Gasteiger partial charge on any atom is 0.327 e. The molecule has 0 unspecified atom stereocenters. The van der Waals surface area contributed by atoms with Crippen molar-refractivity contribution in [3.8, 4) is 0 Å². The third-order valence-electron chi connectivity index (χ3n) is 3.38. The number of thioether (sulfide) groups is 1. The number of amides is 1. The van der Waals surface area contributed by atoms with Gasteiger partial charge >= 0.3 is 5.97 Å². The van der Waals surface area contributed by atoms with Gasteiger partial charge in [-0.05, 0) is 44.0 Å². The van der Waals surface area contributed by atoms with Gasteiger partial charge < -0.3 is 15.0 Å². The number of H-pyrrole nitrogens is 1. The van der Waals surface area contributed by atoms with Crippen LogP contribution in [-0.2, 0) is 4.79 Å². The smallest absolute Gasteiger partial charge is 0.327 e. The number of halogens is 2. The van der Waals surface area contributed by atoms with Crippen LogP contribution in [0.4, 0.5) is 0 Å². The Morgan fingerprint density at radius 2 is 2.05 bits per heavy atom. The summed E-state index contributed by atoms with van der Waals surface area (Å²) in [6.45, 7) is 0. The summed E-state index contributed by atoms with van der Waals surface area (Å²) in [5.41, 5.74) is 1.32. The number of carboxylic acids is 1. The molecule has 1 aliphatic rings. The van der Waals surface area contributed by atoms with Gasteiger partial charge in [-0.15, -0.1) is 11.8 Å². The zero-order valence-corrected chi connectivity index (χ0v) is 14.6. The van der Waals surface area contributed by atoms with Crippen molar-refractivity contribution in [2.24, 2.45) is 0 Å². The van der Waals surface area contributed by atoms with Gasteiger partial charge in [0.1, 0.15) is 6.04 Å². The van der Waals surface area contributed by atoms with Crippen LogP contribution in [0.5, 0.6) is 0 Å². The molecule has 2 N–H and O–H groups in total. The number of benzene rings is 1. The highest BCUT2D eigenvalue weighted by atomic mass is 79.9. The predicted octanol–water partition coefficient (Wildman–Crippen LogP) is 3.29. The van der Waals surface area contributed by atoms with Crippen LogP contribution in [0.1, 0.15) is 10.4 Å². The maximum absolute atomic E-state index is 12.6. The minimum atomic E-state index is -0.961. The van der Waals surface area contributed by atoms with Crippen LogP contribution in [0.15, 0.2) is 27.3 Å². The second-order valence-electron chi connectivity index (χ2n) is 4.64. The maximum atomic E-state index is 12.6. The molecule has 1 saturated heterocycles. The molecular formula is C13H10Br2N2O3S. The first-order chi connectivity index (χ1) is 9.99. The Morgan fingerprint density at radius 1 is 1.33 bits per heavy atom. The van der Waals surface area contributed by atoms with E-state index in [0.29, 0.717) is 17.2 Å². The first-order valence-corrected chi connectivity index (χ1v) is 8.80. The van der Waals surface area contributed by atoms with Crippen molar-refractivity contribution >= 4 is 66.4 Å². The van der Waals surface area contributed by atoms with Gasteiger partial charge in [0.2, 0.25) is 0 Å². The number of aromatic amines is 1. The van der Waals surface area contributed by atoms with Crippen molar-refractivity contribution in [2.45, 2.75) is 6.04 Å². The van der Waals surface area contributed by atoms with Crippen LogP contribution in [0.3, 0.4) is 0 Å². The van der Waals surface area contributed by atoms with Gasteiger partial charge in [0, 0.05) is 31.8 Å². The third-order valence-corrected chi connectivity index (χ3v) is 6.24. The summed E-state index contributed by atoms with van der Waals surface area (Å²) in [6, 6.07) is 2.97. The SMILES string of the molecule is O=C(O)[C@@H]1CSCN1C(=O)c1c[nH]c2cc(Br)c(Br)cc12. The lowest BCUT2D eigenvalue weighted by atomic mass is 10.1. The average molecular weight is 434 g/mol. The molecule has 0 bridgehead atoms. The standard InChI is InChI=1S/C13H10Br2N2O3S/c14-8-1-6-7(3-16-10(6)2-9(8)15)12(18)17-5-21-4-11(17)13(19)20/h1-3,11,16H,4-5H2,(H,19,20)/t11-/m0/s1. The van der Waals surface area contributed by atoms with Gasteiger partial charge in [0.25, 0.3) is 5.91 Å². The van der Waals surface area contributed by atoms with E-state index in [9.17, 15) is 14.7 Å². The first-order valence-electron chi connectivity index (χ1n) is 6.06. The number of nitrogens with zero attached hydrogens (tertiary/aromatic N) is 1. The fraction of sp³-hybridized carbons (Fsp3) is 0.231. The van der Waals surface area contributed by atoms with E-state index in [2.05, 4.69) is 36.8 Å². The molecule has 0 saturated carbocycles. The summed E-state index contributed by atoms with van der Waals surface area (Å²) >= 11 is 8.29. The quantitative estimate of drug-likeness (QED) is 0.762. The van der Waals surface area contributed by atoms with E-state index in [4.69, 9.17) is 0 Å². The Hall–Kier alpha value is -0.990. The molecule has 0 spiro atoms. The first kappa shape index (κ1) is 14.9. The second kappa shape index (κ2) is 5.66. The molecule has 2 heterocycles. The topological polar surface area (TPSA) is 73.4 Å². The summed E-state index contributed by atoms with van der Waals surface area (Å²) < 4.78 is 1.73. The number of hydrogen-bond donors (Lipinski definition) is 2. The third kappa shape index (κ3) is 2.60. The molecule has 0 radical (unpaired) electrons. The van der Waals surface area contributed by atoms with Gasteiger partial charge in [0.05, 0.1) is 11.4 Å². The number of carboxylic acid groups (broad SMARTS) is 1. The van der Waals surface area contributed by atoms with Crippen LogP contribution in [-0.4, -0.2) is 44.5 Å². The van der Waals surface area contributed by atoms with Crippen LogP contribution in [0.2, 0.25) is 0 Å². The largest absolute Gasteiger partial charge is 0.480 e. The Morgan fingerprint density at radius 3 is 2.76 bits per heavy atom. The van der Waals surface area contributed by atoms with E-state index in [1.807, 2.05) is 12.1 Å². The van der Waals surface area contributed by atoms with Crippen molar-refractivity contribution in [2.75, 3.05) is 11.6 Å². The molecule has 110 valence electrons.